The van der Waals surface area contributed by atoms with E-state index < -0.39 is 22.0 Å². The van der Waals surface area contributed by atoms with E-state index in [1.165, 1.54) is 13.0 Å². The van der Waals surface area contributed by atoms with Crippen molar-refractivity contribution in [2.45, 2.75) is 24.8 Å². The first-order valence-electron chi connectivity index (χ1n) is 5.35. The van der Waals surface area contributed by atoms with Crippen LogP contribution in [-0.2, 0) is 10.0 Å². The summed E-state index contributed by atoms with van der Waals surface area (Å²) in [5.41, 5.74) is 0.384. The third-order valence-electron chi connectivity index (χ3n) is 2.39. The average Bonchev–Trinajstić information content (AvgIpc) is 2.31. The molecule has 1 rings (SSSR count). The highest BCUT2D eigenvalue weighted by Gasteiger charge is 2.23. The van der Waals surface area contributed by atoms with E-state index in [1.807, 2.05) is 0 Å². The number of hydrogen-bond acceptors (Lipinski definition) is 4. The lowest BCUT2D eigenvalue weighted by molar-refractivity contribution is 0.0696. The second-order valence-electron chi connectivity index (χ2n) is 4.12. The fraction of sp³-hybridized carbons (Fsp3) is 0.364. The SMILES string of the molecule is Cc1cc(C(=O)O)cc(S(=O)(=O)NC(C)CO)c1Br. The molecule has 0 amide bonds. The van der Waals surface area contributed by atoms with Gasteiger partial charge in [-0.25, -0.2) is 17.9 Å². The standard InChI is InChI=1S/C11H14BrNO5S/c1-6-3-8(11(15)16)4-9(10(6)12)19(17,18)13-7(2)5-14/h3-4,7,13-14H,5H2,1-2H3,(H,15,16). The molecule has 1 unspecified atom stereocenters. The number of carboxylic acid groups (broad SMARTS) is 1. The molecule has 0 aliphatic rings. The van der Waals surface area contributed by atoms with Gasteiger partial charge in [-0.2, -0.15) is 0 Å². The molecule has 1 atom stereocenters. The maximum absolute atomic E-state index is 12.1. The van der Waals surface area contributed by atoms with Crippen molar-refractivity contribution >= 4 is 31.9 Å². The van der Waals surface area contributed by atoms with Gasteiger partial charge in [0.1, 0.15) is 0 Å². The van der Waals surface area contributed by atoms with Crippen LogP contribution in [0.1, 0.15) is 22.8 Å². The van der Waals surface area contributed by atoms with Crippen molar-refractivity contribution in [3.8, 4) is 0 Å². The molecule has 0 fully saturated rings. The van der Waals surface area contributed by atoms with Crippen molar-refractivity contribution in [2.24, 2.45) is 0 Å². The third kappa shape index (κ3) is 3.75. The van der Waals surface area contributed by atoms with E-state index in [2.05, 4.69) is 20.7 Å². The van der Waals surface area contributed by atoms with Crippen LogP contribution < -0.4 is 4.72 Å². The molecule has 3 N–H and O–H groups in total. The number of hydrogen-bond donors (Lipinski definition) is 3. The molecule has 1 aromatic carbocycles. The first-order valence-corrected chi connectivity index (χ1v) is 7.63. The van der Waals surface area contributed by atoms with Crippen LogP contribution in [0, 0.1) is 6.92 Å². The highest BCUT2D eigenvalue weighted by molar-refractivity contribution is 9.10. The molecule has 1 aromatic rings. The highest BCUT2D eigenvalue weighted by atomic mass is 79.9. The number of halogens is 1. The number of aliphatic hydroxyl groups is 1. The van der Waals surface area contributed by atoms with Crippen LogP contribution in [0.4, 0.5) is 0 Å². The molecule has 0 radical (unpaired) electrons. The summed E-state index contributed by atoms with van der Waals surface area (Å²) in [6.07, 6.45) is 0. The summed E-state index contributed by atoms with van der Waals surface area (Å²) in [7, 11) is -3.90. The molecule has 6 nitrogen and oxygen atoms in total. The van der Waals surface area contributed by atoms with E-state index in [1.54, 1.807) is 6.92 Å². The molecule has 0 saturated heterocycles. The summed E-state index contributed by atoms with van der Waals surface area (Å²) < 4.78 is 26.8. The van der Waals surface area contributed by atoms with E-state index in [4.69, 9.17) is 10.2 Å². The largest absolute Gasteiger partial charge is 0.478 e. The minimum Gasteiger partial charge on any atom is -0.478 e. The topological polar surface area (TPSA) is 104 Å². The van der Waals surface area contributed by atoms with Crippen molar-refractivity contribution in [3.63, 3.8) is 0 Å². The van der Waals surface area contributed by atoms with Crippen LogP contribution in [0.2, 0.25) is 0 Å². The normalized spacial score (nSPS) is 13.3. The number of rotatable bonds is 5. The maximum atomic E-state index is 12.1. The molecule has 0 aliphatic heterocycles. The van der Waals surface area contributed by atoms with Crippen molar-refractivity contribution in [1.29, 1.82) is 0 Å². The number of aryl methyl sites for hydroxylation is 1. The fourth-order valence-corrected chi connectivity index (χ4v) is 3.70. The first kappa shape index (κ1) is 16.1. The van der Waals surface area contributed by atoms with Crippen LogP contribution >= 0.6 is 15.9 Å². The second kappa shape index (κ2) is 6.00. The van der Waals surface area contributed by atoms with Crippen LogP contribution in [0.5, 0.6) is 0 Å². The number of sulfonamides is 1. The monoisotopic (exact) mass is 351 g/mol. The van der Waals surface area contributed by atoms with E-state index >= 15 is 0 Å². The van der Waals surface area contributed by atoms with Crippen LogP contribution in [0.3, 0.4) is 0 Å². The molecule has 0 heterocycles. The van der Waals surface area contributed by atoms with Gasteiger partial charge in [0, 0.05) is 10.5 Å². The Labute approximate surface area is 119 Å². The number of nitrogens with one attached hydrogen (secondary N) is 1. The number of carboxylic acids is 1. The Kier molecular flexibility index (Phi) is 5.08. The van der Waals surface area contributed by atoms with E-state index in [0.717, 1.165) is 6.07 Å². The summed E-state index contributed by atoms with van der Waals surface area (Å²) in [4.78, 5) is 10.8. The fourth-order valence-electron chi connectivity index (χ4n) is 1.42. The summed E-state index contributed by atoms with van der Waals surface area (Å²) >= 11 is 3.14. The van der Waals surface area contributed by atoms with Crippen LogP contribution in [-0.4, -0.2) is 37.2 Å². The van der Waals surface area contributed by atoms with Gasteiger partial charge in [0.15, 0.2) is 0 Å². The lowest BCUT2D eigenvalue weighted by atomic mass is 10.1. The molecule has 19 heavy (non-hydrogen) atoms. The Morgan fingerprint density at radius 1 is 1.47 bits per heavy atom. The summed E-state index contributed by atoms with van der Waals surface area (Å²) in [5.74, 6) is -1.21. The zero-order valence-electron chi connectivity index (χ0n) is 10.3. The Morgan fingerprint density at radius 3 is 2.53 bits per heavy atom. The van der Waals surface area contributed by atoms with Crippen LogP contribution in [0.25, 0.3) is 0 Å². The summed E-state index contributed by atoms with van der Waals surface area (Å²) in [5, 5.41) is 17.8. The van der Waals surface area contributed by atoms with Gasteiger partial charge < -0.3 is 10.2 Å². The van der Waals surface area contributed by atoms with Gasteiger partial charge in [0.25, 0.3) is 0 Å². The molecule has 106 valence electrons. The number of aromatic carboxylic acids is 1. The van der Waals surface area contributed by atoms with E-state index in [-0.39, 0.29) is 17.1 Å². The molecule has 0 spiro atoms. The lowest BCUT2D eigenvalue weighted by Crippen LogP contribution is -2.35. The molecule has 0 bridgehead atoms. The summed E-state index contributed by atoms with van der Waals surface area (Å²) in [6, 6.07) is 1.79. The van der Waals surface area contributed by atoms with Gasteiger partial charge in [-0.1, -0.05) is 0 Å². The second-order valence-corrected chi connectivity index (χ2v) is 6.59. The predicted molar refractivity (Wildman–Crippen MR) is 72.7 cm³/mol. The van der Waals surface area contributed by atoms with Gasteiger partial charge in [0.2, 0.25) is 10.0 Å². The molecule has 0 saturated carbocycles. The molecule has 8 heteroatoms. The zero-order chi connectivity index (χ0) is 14.8. The Hall–Kier alpha value is -0.960. The van der Waals surface area contributed by atoms with Gasteiger partial charge in [0.05, 0.1) is 17.1 Å². The van der Waals surface area contributed by atoms with Gasteiger partial charge in [-0.3, -0.25) is 0 Å². The molecular weight excluding hydrogens is 338 g/mol. The highest BCUT2D eigenvalue weighted by Crippen LogP contribution is 2.27. The number of aliphatic hydroxyl groups excluding tert-OH is 1. The average molecular weight is 352 g/mol. The zero-order valence-corrected chi connectivity index (χ0v) is 12.7. The van der Waals surface area contributed by atoms with Crippen molar-refractivity contribution in [3.05, 3.63) is 27.7 Å². The van der Waals surface area contributed by atoms with Crippen molar-refractivity contribution < 1.29 is 23.4 Å². The van der Waals surface area contributed by atoms with Gasteiger partial charge in [-0.05, 0) is 47.5 Å². The predicted octanol–water partition coefficient (Wildman–Crippen LogP) is 1.11. The lowest BCUT2D eigenvalue weighted by Gasteiger charge is -2.14. The first-order chi connectivity index (χ1) is 8.69. The van der Waals surface area contributed by atoms with Crippen molar-refractivity contribution in [2.75, 3.05) is 6.61 Å². The van der Waals surface area contributed by atoms with E-state index in [0.29, 0.717) is 10.0 Å². The minimum atomic E-state index is -3.90. The number of carbonyl (C=O) groups is 1. The Balaban J connectivity index is 3.37. The minimum absolute atomic E-state index is 0.113. The Bertz CT molecular complexity index is 599. The maximum Gasteiger partial charge on any atom is 0.335 e. The van der Waals surface area contributed by atoms with Crippen LogP contribution in [0.15, 0.2) is 21.5 Å². The quantitative estimate of drug-likeness (QED) is 0.737. The number of benzene rings is 1. The molecule has 0 aromatic heterocycles. The molecule has 0 aliphatic carbocycles. The summed E-state index contributed by atoms with van der Waals surface area (Å²) in [6.45, 7) is 2.75. The smallest absolute Gasteiger partial charge is 0.335 e. The molecular formula is C11H14BrNO5S. The third-order valence-corrected chi connectivity index (χ3v) is 5.32. The van der Waals surface area contributed by atoms with Crippen molar-refractivity contribution in [1.82, 2.24) is 4.72 Å². The Morgan fingerprint density at radius 2 is 2.05 bits per heavy atom. The van der Waals surface area contributed by atoms with Gasteiger partial charge in [-0.15, -0.1) is 0 Å². The van der Waals surface area contributed by atoms with Gasteiger partial charge >= 0.3 is 5.97 Å². The van der Waals surface area contributed by atoms with E-state index in [9.17, 15) is 13.2 Å².